The van der Waals surface area contributed by atoms with Gasteiger partial charge in [-0.05, 0) is 44.8 Å². The summed E-state index contributed by atoms with van der Waals surface area (Å²) in [5.74, 6) is 2.49. The van der Waals surface area contributed by atoms with E-state index in [-0.39, 0.29) is 29.8 Å². The first-order chi connectivity index (χ1) is 15.5. The fourth-order valence-corrected chi connectivity index (χ4v) is 5.24. The van der Waals surface area contributed by atoms with Crippen LogP contribution in [0.15, 0.2) is 40.5 Å². The molecule has 32 heavy (non-hydrogen) atoms. The van der Waals surface area contributed by atoms with E-state index >= 15 is 0 Å². The average Bonchev–Trinajstić information content (AvgIpc) is 3.38. The summed E-state index contributed by atoms with van der Waals surface area (Å²) < 4.78 is 12.2. The molecule has 2 aliphatic carbocycles. The lowest BCUT2D eigenvalue weighted by molar-refractivity contribution is -0.149. The first-order valence-electron chi connectivity index (χ1n) is 11.8. The van der Waals surface area contributed by atoms with Crippen LogP contribution in [0, 0.1) is 5.92 Å². The normalized spacial score (nSPS) is 32.4. The summed E-state index contributed by atoms with van der Waals surface area (Å²) in [4.78, 5) is 18.6. The lowest BCUT2D eigenvalue weighted by Crippen LogP contribution is -2.57. The lowest BCUT2D eigenvalue weighted by Gasteiger charge is -2.45. The Bertz CT molecular complexity index is 914. The van der Waals surface area contributed by atoms with Crippen molar-refractivity contribution in [1.82, 2.24) is 26.4 Å². The van der Waals surface area contributed by atoms with Gasteiger partial charge in [0.05, 0.1) is 23.1 Å². The number of ether oxygens (including phenoxy) is 2. The number of nitrogens with zero attached hydrogens (tertiary/aromatic N) is 2. The Hall–Kier alpha value is -2.52. The number of hydrazine groups is 1. The fraction of sp³-hybridized carbons (Fsp3) is 0.652. The zero-order chi connectivity index (χ0) is 21.8. The number of morpholine rings is 1. The first-order valence-corrected chi connectivity index (χ1v) is 11.8. The fourth-order valence-electron chi connectivity index (χ4n) is 5.24. The van der Waals surface area contributed by atoms with Crippen LogP contribution in [-0.4, -0.2) is 66.7 Å². The smallest absolute Gasteiger partial charge is 0.246 e. The van der Waals surface area contributed by atoms with Crippen molar-refractivity contribution in [3.8, 4) is 0 Å². The number of allylic oxidation sites excluding steroid dienone is 3. The first kappa shape index (κ1) is 20.1. The van der Waals surface area contributed by atoms with Gasteiger partial charge >= 0.3 is 0 Å². The number of likely N-dealkylation sites (tertiary alicyclic amines) is 1. The molecule has 0 bridgehead atoms. The van der Waals surface area contributed by atoms with Crippen molar-refractivity contribution in [2.45, 2.75) is 56.3 Å². The standard InChI is InChI=1S/C23H32N6O3/c1-22(4-5-22)32-15-2-3-17-16(10-15)21(28-27-17)18-11-19(26-14-25-18)29-8-6-23(7-9-29)13-24-20(30)12-31-23/h2-3,11,16,21,26-28H,4-10,12-14H2,1H3,(H,24,30)/t16-,21+/m0/s1. The van der Waals surface area contributed by atoms with E-state index in [0.717, 1.165) is 62.5 Å². The van der Waals surface area contributed by atoms with Crippen LogP contribution in [0.3, 0.4) is 0 Å². The van der Waals surface area contributed by atoms with Gasteiger partial charge < -0.3 is 30.4 Å². The second kappa shape index (κ2) is 7.52. The molecular weight excluding hydrogens is 408 g/mol. The van der Waals surface area contributed by atoms with Gasteiger partial charge in [0.1, 0.15) is 24.7 Å². The van der Waals surface area contributed by atoms with Gasteiger partial charge in [-0.25, -0.2) is 5.43 Å². The third kappa shape index (κ3) is 3.77. The molecule has 6 rings (SSSR count). The summed E-state index contributed by atoms with van der Waals surface area (Å²) in [6.45, 7) is 5.35. The predicted octanol–water partition coefficient (Wildman–Crippen LogP) is 0.644. The van der Waals surface area contributed by atoms with Crippen LogP contribution in [0.2, 0.25) is 0 Å². The molecule has 1 amide bonds. The predicted molar refractivity (Wildman–Crippen MR) is 119 cm³/mol. The molecule has 0 radical (unpaired) electrons. The topological polar surface area (TPSA) is 99.3 Å². The third-order valence-electron chi connectivity index (χ3n) is 7.63. The van der Waals surface area contributed by atoms with Crippen molar-refractivity contribution in [3.05, 3.63) is 35.5 Å². The number of aliphatic imine (C=N–C) groups is 1. The van der Waals surface area contributed by atoms with Gasteiger partial charge in [-0.3, -0.25) is 9.79 Å². The largest absolute Gasteiger partial charge is 0.492 e. The van der Waals surface area contributed by atoms with E-state index in [1.807, 2.05) is 0 Å². The highest BCUT2D eigenvalue weighted by Crippen LogP contribution is 2.43. The molecule has 1 saturated carbocycles. The number of nitrogens with one attached hydrogen (secondary N) is 4. The summed E-state index contributed by atoms with van der Waals surface area (Å²) in [5.41, 5.74) is 8.92. The molecule has 9 heteroatoms. The van der Waals surface area contributed by atoms with Crippen LogP contribution in [0.1, 0.15) is 39.0 Å². The van der Waals surface area contributed by atoms with Gasteiger partial charge in [0.15, 0.2) is 0 Å². The highest BCUT2D eigenvalue weighted by molar-refractivity contribution is 6.01. The summed E-state index contributed by atoms with van der Waals surface area (Å²) in [6, 6.07) is 0.116. The number of carbonyl (C=O) groups excluding carboxylic acids is 1. The maximum absolute atomic E-state index is 11.4. The van der Waals surface area contributed by atoms with Crippen molar-refractivity contribution < 1.29 is 14.3 Å². The quantitative estimate of drug-likeness (QED) is 0.509. The van der Waals surface area contributed by atoms with Crippen LogP contribution >= 0.6 is 0 Å². The minimum absolute atomic E-state index is 0.0148. The lowest BCUT2D eigenvalue weighted by atomic mass is 9.87. The molecule has 0 aromatic heterocycles. The Kier molecular flexibility index (Phi) is 4.73. The number of rotatable bonds is 4. The van der Waals surface area contributed by atoms with E-state index in [4.69, 9.17) is 14.5 Å². The Morgan fingerprint density at radius 1 is 1.19 bits per heavy atom. The van der Waals surface area contributed by atoms with Crippen LogP contribution in [-0.2, 0) is 14.3 Å². The van der Waals surface area contributed by atoms with E-state index in [9.17, 15) is 4.79 Å². The van der Waals surface area contributed by atoms with Gasteiger partial charge in [0.25, 0.3) is 0 Å². The van der Waals surface area contributed by atoms with Crippen molar-refractivity contribution >= 4 is 11.6 Å². The SMILES string of the molecule is CC1(OC2=CC=C3NN[C@@H](C4=NCNC(N5CCC6(CC5)CNC(=O)CO6)=C4)[C@H]3C2)CC1. The molecule has 6 aliphatic rings. The molecule has 4 fully saturated rings. The highest BCUT2D eigenvalue weighted by Gasteiger charge is 2.43. The molecule has 4 aliphatic heterocycles. The highest BCUT2D eigenvalue weighted by atomic mass is 16.5. The number of amides is 1. The molecule has 172 valence electrons. The van der Waals surface area contributed by atoms with Crippen LogP contribution in [0.5, 0.6) is 0 Å². The monoisotopic (exact) mass is 440 g/mol. The van der Waals surface area contributed by atoms with Gasteiger partial charge in [0.2, 0.25) is 5.91 Å². The Morgan fingerprint density at radius 3 is 2.78 bits per heavy atom. The maximum Gasteiger partial charge on any atom is 0.246 e. The number of hydrogen-bond acceptors (Lipinski definition) is 8. The van der Waals surface area contributed by atoms with Crippen molar-refractivity contribution in [3.63, 3.8) is 0 Å². The Balaban J connectivity index is 1.11. The number of carbonyl (C=O) groups is 1. The summed E-state index contributed by atoms with van der Waals surface area (Å²) in [7, 11) is 0. The van der Waals surface area contributed by atoms with Crippen molar-refractivity contribution in [2.24, 2.45) is 10.9 Å². The van der Waals surface area contributed by atoms with Crippen LogP contribution in [0.25, 0.3) is 0 Å². The molecule has 0 unspecified atom stereocenters. The summed E-state index contributed by atoms with van der Waals surface area (Å²) in [5, 5.41) is 6.41. The molecule has 9 nitrogen and oxygen atoms in total. The number of piperidine rings is 1. The molecular formula is C23H32N6O3. The molecule has 3 saturated heterocycles. The molecule has 0 aromatic rings. The molecule has 1 spiro atoms. The van der Waals surface area contributed by atoms with Crippen molar-refractivity contribution in [2.75, 3.05) is 32.9 Å². The third-order valence-corrected chi connectivity index (χ3v) is 7.63. The minimum Gasteiger partial charge on any atom is -0.492 e. The molecule has 4 heterocycles. The van der Waals surface area contributed by atoms with Crippen LogP contribution in [0.4, 0.5) is 0 Å². The van der Waals surface area contributed by atoms with E-state index in [2.05, 4.69) is 51.5 Å². The zero-order valence-electron chi connectivity index (χ0n) is 18.6. The van der Waals surface area contributed by atoms with E-state index in [1.54, 1.807) is 0 Å². The van der Waals surface area contributed by atoms with E-state index in [0.29, 0.717) is 19.1 Å². The van der Waals surface area contributed by atoms with Gasteiger partial charge in [-0.15, -0.1) is 0 Å². The molecule has 4 N–H and O–H groups in total. The van der Waals surface area contributed by atoms with Gasteiger partial charge in [-0.1, -0.05) is 0 Å². The second-order valence-electron chi connectivity index (χ2n) is 10.0. The average molecular weight is 441 g/mol. The Labute approximate surface area is 188 Å². The van der Waals surface area contributed by atoms with Crippen LogP contribution < -0.4 is 21.5 Å². The second-order valence-corrected chi connectivity index (χ2v) is 10.0. The number of fused-ring (bicyclic) bond motifs is 1. The van der Waals surface area contributed by atoms with E-state index in [1.165, 1.54) is 5.70 Å². The van der Waals surface area contributed by atoms with Crippen molar-refractivity contribution in [1.29, 1.82) is 0 Å². The number of hydrogen-bond donors (Lipinski definition) is 4. The summed E-state index contributed by atoms with van der Waals surface area (Å²) >= 11 is 0. The maximum atomic E-state index is 11.4. The molecule has 2 atom stereocenters. The van der Waals surface area contributed by atoms with Gasteiger partial charge in [0, 0.05) is 43.7 Å². The summed E-state index contributed by atoms with van der Waals surface area (Å²) in [6.07, 6.45) is 11.4. The van der Waals surface area contributed by atoms with E-state index < -0.39 is 0 Å². The van der Waals surface area contributed by atoms with Gasteiger partial charge in [-0.2, -0.15) is 0 Å². The zero-order valence-corrected chi connectivity index (χ0v) is 18.6. The minimum atomic E-state index is -0.212. The molecule has 0 aromatic carbocycles. The Morgan fingerprint density at radius 2 is 2.03 bits per heavy atom.